The van der Waals surface area contributed by atoms with Gasteiger partial charge in [-0.3, -0.25) is 4.98 Å². The van der Waals surface area contributed by atoms with Crippen LogP contribution in [0.3, 0.4) is 0 Å². The number of esters is 1. The van der Waals surface area contributed by atoms with Crippen LogP contribution in [-0.4, -0.2) is 24.1 Å². The minimum Gasteiger partial charge on any atom is -0.462 e. The largest absolute Gasteiger partial charge is 0.462 e. The van der Waals surface area contributed by atoms with Gasteiger partial charge < -0.3 is 10.1 Å². The summed E-state index contributed by atoms with van der Waals surface area (Å²) in [6, 6.07) is 3.95. The van der Waals surface area contributed by atoms with E-state index in [1.165, 1.54) is 0 Å². The number of benzene rings is 1. The molecule has 112 valence electrons. The van der Waals surface area contributed by atoms with Crippen LogP contribution in [0.25, 0.3) is 10.9 Å². The zero-order valence-electron chi connectivity index (χ0n) is 12.5. The van der Waals surface area contributed by atoms with E-state index in [1.54, 1.807) is 13.1 Å². The number of nitrogens with zero attached hydrogens (tertiary/aromatic N) is 1. The van der Waals surface area contributed by atoms with Crippen LogP contribution in [0.2, 0.25) is 0 Å². The summed E-state index contributed by atoms with van der Waals surface area (Å²) < 4.78 is 6.13. The van der Waals surface area contributed by atoms with Gasteiger partial charge in [-0.05, 0) is 38.0 Å². The van der Waals surface area contributed by atoms with Crippen molar-refractivity contribution in [1.82, 2.24) is 4.98 Å². The average molecular weight is 351 g/mol. The van der Waals surface area contributed by atoms with Crippen LogP contribution in [0.4, 0.5) is 5.69 Å². The fraction of sp³-hybridized carbons (Fsp3) is 0.375. The van der Waals surface area contributed by atoms with Gasteiger partial charge in [-0.15, -0.1) is 0 Å². The maximum atomic E-state index is 12.1. The van der Waals surface area contributed by atoms with E-state index in [-0.39, 0.29) is 5.97 Å². The normalized spacial score (nSPS) is 10.7. The lowest BCUT2D eigenvalue weighted by molar-refractivity contribution is 0.0527. The Morgan fingerprint density at radius 3 is 2.81 bits per heavy atom. The molecule has 21 heavy (non-hydrogen) atoms. The highest BCUT2D eigenvalue weighted by molar-refractivity contribution is 9.10. The van der Waals surface area contributed by atoms with Gasteiger partial charge in [0.25, 0.3) is 0 Å². The fourth-order valence-corrected chi connectivity index (χ4v) is 2.51. The number of aromatic nitrogens is 1. The summed E-state index contributed by atoms with van der Waals surface area (Å²) in [7, 11) is 0. The van der Waals surface area contributed by atoms with Crippen molar-refractivity contribution in [1.29, 1.82) is 0 Å². The van der Waals surface area contributed by atoms with Gasteiger partial charge in [-0.2, -0.15) is 0 Å². The van der Waals surface area contributed by atoms with Crippen LogP contribution < -0.4 is 5.32 Å². The molecule has 0 aliphatic carbocycles. The summed E-state index contributed by atoms with van der Waals surface area (Å²) in [5.74, 6) is -0.342. The van der Waals surface area contributed by atoms with Gasteiger partial charge >= 0.3 is 5.97 Å². The molecule has 0 spiro atoms. The van der Waals surface area contributed by atoms with Crippen molar-refractivity contribution in [3.63, 3.8) is 0 Å². The molecular weight excluding hydrogens is 332 g/mol. The molecule has 0 saturated carbocycles. The van der Waals surface area contributed by atoms with Gasteiger partial charge in [0.15, 0.2) is 0 Å². The molecule has 1 aromatic heterocycles. The van der Waals surface area contributed by atoms with Crippen molar-refractivity contribution in [2.75, 3.05) is 18.5 Å². The van der Waals surface area contributed by atoms with E-state index in [1.807, 2.05) is 19.1 Å². The first kappa shape index (κ1) is 15.8. The van der Waals surface area contributed by atoms with Crippen LogP contribution in [0.15, 0.2) is 22.8 Å². The van der Waals surface area contributed by atoms with Crippen LogP contribution in [0.1, 0.15) is 36.2 Å². The van der Waals surface area contributed by atoms with E-state index in [0.29, 0.717) is 12.2 Å². The molecule has 0 aliphatic heterocycles. The number of aryl methyl sites for hydroxylation is 1. The summed E-state index contributed by atoms with van der Waals surface area (Å²) in [6.45, 7) is 7.03. The molecule has 0 radical (unpaired) electrons. The molecule has 1 N–H and O–H groups in total. The Morgan fingerprint density at radius 1 is 1.38 bits per heavy atom. The van der Waals surface area contributed by atoms with Crippen molar-refractivity contribution in [2.24, 2.45) is 0 Å². The highest BCUT2D eigenvalue weighted by atomic mass is 79.9. The molecule has 0 aliphatic rings. The Bertz CT molecular complexity index is 671. The molecule has 0 unspecified atom stereocenters. The molecular formula is C16H19BrN2O2. The van der Waals surface area contributed by atoms with E-state index in [0.717, 1.165) is 39.6 Å². The number of hydrogen-bond donors (Lipinski definition) is 1. The molecule has 2 rings (SSSR count). The van der Waals surface area contributed by atoms with Crippen LogP contribution >= 0.6 is 15.9 Å². The van der Waals surface area contributed by atoms with Gasteiger partial charge in [0.05, 0.1) is 17.8 Å². The summed E-state index contributed by atoms with van der Waals surface area (Å²) in [5, 5.41) is 4.28. The number of hydrogen-bond acceptors (Lipinski definition) is 4. The third-order valence-corrected chi connectivity index (χ3v) is 4.13. The Hall–Kier alpha value is -1.62. The quantitative estimate of drug-likeness (QED) is 0.816. The predicted octanol–water partition coefficient (Wildman–Crippen LogP) is 4.30. The number of nitrogens with one attached hydrogen (secondary N) is 1. The minimum atomic E-state index is -0.342. The molecule has 0 bridgehead atoms. The van der Waals surface area contributed by atoms with E-state index in [2.05, 4.69) is 33.2 Å². The van der Waals surface area contributed by atoms with Crippen molar-refractivity contribution >= 4 is 38.5 Å². The minimum absolute atomic E-state index is 0.342. The third kappa shape index (κ3) is 3.18. The summed E-state index contributed by atoms with van der Waals surface area (Å²) >= 11 is 3.51. The summed E-state index contributed by atoms with van der Waals surface area (Å²) in [6.07, 6.45) is 2.57. The van der Waals surface area contributed by atoms with Gasteiger partial charge in [-0.1, -0.05) is 22.9 Å². The second-order valence-electron chi connectivity index (χ2n) is 4.76. The van der Waals surface area contributed by atoms with Crippen molar-refractivity contribution in [3.05, 3.63) is 33.9 Å². The Kier molecular flexibility index (Phi) is 5.17. The number of halogens is 1. The monoisotopic (exact) mass is 350 g/mol. The van der Waals surface area contributed by atoms with Crippen molar-refractivity contribution < 1.29 is 9.53 Å². The third-order valence-electron chi connectivity index (χ3n) is 3.27. The lowest BCUT2D eigenvalue weighted by Gasteiger charge is -2.15. The number of anilines is 1. The first-order chi connectivity index (χ1) is 10.1. The number of pyridine rings is 1. The Balaban J connectivity index is 2.64. The van der Waals surface area contributed by atoms with E-state index >= 15 is 0 Å². The van der Waals surface area contributed by atoms with E-state index in [4.69, 9.17) is 4.74 Å². The second-order valence-corrected chi connectivity index (χ2v) is 5.62. The Morgan fingerprint density at radius 2 is 2.14 bits per heavy atom. The first-order valence-electron chi connectivity index (χ1n) is 7.08. The average Bonchev–Trinajstić information content (AvgIpc) is 2.48. The van der Waals surface area contributed by atoms with Gasteiger partial charge in [0, 0.05) is 22.6 Å². The molecule has 0 atom stereocenters. The predicted molar refractivity (Wildman–Crippen MR) is 88.9 cm³/mol. The standard InChI is InChI=1S/C16H19BrN2O2/c1-4-8-18-15-11-6-7-13(17)10(3)14(11)19-9-12(15)16(20)21-5-2/h6-7,9H,4-5,8H2,1-3H3,(H,18,19). The smallest absolute Gasteiger partial charge is 0.341 e. The number of ether oxygens (including phenoxy) is 1. The maximum Gasteiger partial charge on any atom is 0.341 e. The molecule has 4 nitrogen and oxygen atoms in total. The lowest BCUT2D eigenvalue weighted by atomic mass is 10.1. The first-order valence-corrected chi connectivity index (χ1v) is 7.88. The fourth-order valence-electron chi connectivity index (χ4n) is 2.19. The zero-order chi connectivity index (χ0) is 15.4. The Labute approximate surface area is 133 Å². The van der Waals surface area contributed by atoms with Gasteiger partial charge in [0.1, 0.15) is 5.56 Å². The van der Waals surface area contributed by atoms with E-state index < -0.39 is 0 Å². The van der Waals surface area contributed by atoms with Crippen molar-refractivity contribution in [3.8, 4) is 0 Å². The summed E-state index contributed by atoms with van der Waals surface area (Å²) in [5.41, 5.74) is 3.23. The van der Waals surface area contributed by atoms with Crippen molar-refractivity contribution in [2.45, 2.75) is 27.2 Å². The molecule has 1 heterocycles. The van der Waals surface area contributed by atoms with Crippen LogP contribution in [0, 0.1) is 6.92 Å². The van der Waals surface area contributed by atoms with Crippen LogP contribution in [-0.2, 0) is 4.74 Å². The number of fused-ring (bicyclic) bond motifs is 1. The maximum absolute atomic E-state index is 12.1. The molecule has 0 saturated heterocycles. The molecule has 5 heteroatoms. The zero-order valence-corrected chi connectivity index (χ0v) is 14.1. The second kappa shape index (κ2) is 6.89. The van der Waals surface area contributed by atoms with Gasteiger partial charge in [-0.25, -0.2) is 4.79 Å². The SMILES string of the molecule is CCCNc1c(C(=O)OCC)cnc2c(C)c(Br)ccc12. The number of carbonyl (C=O) groups excluding carboxylic acids is 1. The molecule has 1 aromatic carbocycles. The van der Waals surface area contributed by atoms with Crippen LogP contribution in [0.5, 0.6) is 0 Å². The highest BCUT2D eigenvalue weighted by Gasteiger charge is 2.17. The number of rotatable bonds is 5. The van der Waals surface area contributed by atoms with E-state index in [9.17, 15) is 4.79 Å². The summed E-state index contributed by atoms with van der Waals surface area (Å²) in [4.78, 5) is 16.6. The molecule has 2 aromatic rings. The lowest BCUT2D eigenvalue weighted by Crippen LogP contribution is -2.12. The van der Waals surface area contributed by atoms with Gasteiger partial charge in [0.2, 0.25) is 0 Å². The molecule has 0 fully saturated rings. The number of carbonyl (C=O) groups is 1. The topological polar surface area (TPSA) is 51.2 Å². The molecule has 0 amide bonds. The highest BCUT2D eigenvalue weighted by Crippen LogP contribution is 2.31.